The molecule has 2 saturated heterocycles. The molecular formula is C49H52ClF2N11O6. The highest BCUT2D eigenvalue weighted by atomic mass is 35.5. The van der Waals surface area contributed by atoms with Gasteiger partial charge in [0.05, 0.1) is 123 Å². The second-order valence-electron chi connectivity index (χ2n) is 16.3. The zero-order chi connectivity index (χ0) is 48.6. The van der Waals surface area contributed by atoms with Gasteiger partial charge in [-0.1, -0.05) is 23.7 Å². The number of morpholine rings is 2. The second kappa shape index (κ2) is 21.7. The van der Waals surface area contributed by atoms with Crippen molar-refractivity contribution in [3.63, 3.8) is 0 Å². The Kier molecular flexibility index (Phi) is 15.2. The highest BCUT2D eigenvalue weighted by Crippen LogP contribution is 2.37. The molecule has 10 rings (SSSR count). The van der Waals surface area contributed by atoms with Crippen LogP contribution in [0.2, 0.25) is 5.15 Å². The van der Waals surface area contributed by atoms with E-state index < -0.39 is 11.6 Å². The van der Waals surface area contributed by atoms with E-state index in [1.165, 1.54) is 26.4 Å². The van der Waals surface area contributed by atoms with Gasteiger partial charge in [-0.2, -0.15) is 0 Å². The molecular weight excluding hydrogens is 912 g/mol. The Labute approximate surface area is 403 Å². The van der Waals surface area contributed by atoms with Gasteiger partial charge in [0.2, 0.25) is 0 Å². The molecule has 0 atom stereocenters. The first-order valence-electron chi connectivity index (χ1n) is 22.1. The number of anilines is 7. The summed E-state index contributed by atoms with van der Waals surface area (Å²) >= 11 is 6.01. The molecule has 0 bridgehead atoms. The first-order valence-corrected chi connectivity index (χ1v) is 22.5. The molecule has 4 aromatic heterocycles. The molecule has 69 heavy (non-hydrogen) atoms. The Morgan fingerprint density at radius 1 is 0.652 bits per heavy atom. The number of halogens is 3. The summed E-state index contributed by atoms with van der Waals surface area (Å²) in [4.78, 5) is 50.3. The van der Waals surface area contributed by atoms with Crippen molar-refractivity contribution in [2.45, 2.75) is 19.5 Å². The summed E-state index contributed by atoms with van der Waals surface area (Å²) in [6, 6.07) is 20.4. The maximum absolute atomic E-state index is 14.2. The largest absolute Gasteiger partial charge is 0.492 e. The van der Waals surface area contributed by atoms with Crippen LogP contribution in [0.3, 0.4) is 0 Å². The van der Waals surface area contributed by atoms with Gasteiger partial charge in [-0.25, -0.2) is 18.7 Å². The zero-order valence-electron chi connectivity index (χ0n) is 38.6. The first kappa shape index (κ1) is 48.1. The average molecular weight is 964 g/mol. The molecule has 0 unspecified atom stereocenters. The molecule has 0 spiro atoms. The number of methoxy groups -OCH3 is 2. The molecule has 4 N–H and O–H groups in total. The van der Waals surface area contributed by atoms with Crippen molar-refractivity contribution in [1.29, 1.82) is 0 Å². The Morgan fingerprint density at radius 2 is 1.14 bits per heavy atom. The van der Waals surface area contributed by atoms with Crippen molar-refractivity contribution in [2.24, 2.45) is 0 Å². The Morgan fingerprint density at radius 3 is 1.62 bits per heavy atom. The van der Waals surface area contributed by atoms with Crippen molar-refractivity contribution in [3.05, 3.63) is 136 Å². The monoisotopic (exact) mass is 963 g/mol. The number of amides is 2. The van der Waals surface area contributed by atoms with Crippen LogP contribution in [0.15, 0.2) is 85.2 Å². The van der Waals surface area contributed by atoms with E-state index >= 15 is 0 Å². The smallest absolute Gasteiger partial charge is 0.257 e. The quantitative estimate of drug-likeness (QED) is 0.118. The number of nitrogens with zero attached hydrogens (tertiary/aromatic N) is 8. The van der Waals surface area contributed by atoms with Crippen LogP contribution in [0.25, 0.3) is 0 Å². The Balaban J connectivity index is 0.000000156. The van der Waals surface area contributed by atoms with Gasteiger partial charge in [-0.05, 0) is 60.7 Å². The number of carbonyl (C=O) groups excluding carboxylic acids is 2. The molecule has 2 fully saturated rings. The second-order valence-corrected chi connectivity index (χ2v) is 16.7. The van der Waals surface area contributed by atoms with Crippen LogP contribution >= 0.6 is 11.6 Å². The standard InChI is InChI=1S/C25H26FN5O3.C15H13ClFN3O2.C9H13N3O/c1-30-15-22-23(25(30)32)21(29-20-5-3-4-19(26)24(20)33-2)13-17(28-22)12-16-6-7-18(14-27-16)31-8-10-34-11-9-31;1-20-7-11-13(15(20)21)10(6-12(16)19-11)18-9-5-3-4-8(17)14(9)22-2;10-9-2-1-8(7-11-9)12-3-5-13-6-4-12/h3-7,13-14H,8-12,15H2,1-2H3,(H,28,29);3-6H,7H2,1-2H3,(H,18,19);1-2,7H,3-6H2,(H2,10,11). The number of hydrogen-bond acceptors (Lipinski definition) is 15. The molecule has 20 heteroatoms. The number of aromatic nitrogens is 4. The van der Waals surface area contributed by atoms with E-state index in [2.05, 4.69) is 41.5 Å². The van der Waals surface area contributed by atoms with Crippen LogP contribution in [0.1, 0.15) is 43.5 Å². The fourth-order valence-electron chi connectivity index (χ4n) is 8.23. The minimum absolute atomic E-state index is 0.0722. The zero-order valence-corrected chi connectivity index (χ0v) is 39.4. The number of carbonyl (C=O) groups is 2. The number of nitrogens with two attached hydrogens (primary N) is 1. The lowest BCUT2D eigenvalue weighted by atomic mass is 10.1. The van der Waals surface area contributed by atoms with Crippen LogP contribution in [0, 0.1) is 11.6 Å². The van der Waals surface area contributed by atoms with E-state index in [1.54, 1.807) is 60.4 Å². The van der Waals surface area contributed by atoms with Crippen molar-refractivity contribution in [2.75, 3.05) is 107 Å². The number of para-hydroxylation sites is 2. The molecule has 0 radical (unpaired) electrons. The van der Waals surface area contributed by atoms with Crippen molar-refractivity contribution < 1.29 is 37.3 Å². The van der Waals surface area contributed by atoms with Crippen molar-refractivity contribution in [3.8, 4) is 11.5 Å². The van der Waals surface area contributed by atoms with Crippen LogP contribution in [-0.4, -0.2) is 122 Å². The molecule has 4 aliphatic rings. The summed E-state index contributed by atoms with van der Waals surface area (Å²) in [5.41, 5.74) is 13.5. The van der Waals surface area contributed by atoms with Gasteiger partial charge in [0.1, 0.15) is 11.0 Å². The van der Waals surface area contributed by atoms with Gasteiger partial charge >= 0.3 is 0 Å². The lowest BCUT2D eigenvalue weighted by molar-refractivity contribution is 0.0809. The average Bonchev–Trinajstić information content (AvgIpc) is 3.81. The summed E-state index contributed by atoms with van der Waals surface area (Å²) in [5, 5.41) is 6.49. The van der Waals surface area contributed by atoms with Gasteiger partial charge in [-0.3, -0.25) is 19.6 Å². The summed E-state index contributed by atoms with van der Waals surface area (Å²) in [6.45, 7) is 7.43. The van der Waals surface area contributed by atoms with E-state index in [1.807, 2.05) is 30.5 Å². The third kappa shape index (κ3) is 11.2. The lowest BCUT2D eigenvalue weighted by Crippen LogP contribution is -2.36. The van der Waals surface area contributed by atoms with Gasteiger partial charge in [0.15, 0.2) is 23.1 Å². The summed E-state index contributed by atoms with van der Waals surface area (Å²) < 4.78 is 49.0. The number of benzene rings is 2. The van der Waals surface area contributed by atoms with Gasteiger partial charge < -0.3 is 54.9 Å². The fourth-order valence-corrected chi connectivity index (χ4v) is 8.44. The number of pyridine rings is 4. The predicted molar refractivity (Wildman–Crippen MR) is 259 cm³/mol. The van der Waals surface area contributed by atoms with Gasteiger partial charge in [0.25, 0.3) is 11.8 Å². The third-order valence-electron chi connectivity index (χ3n) is 11.7. The number of rotatable bonds is 10. The molecule has 0 aliphatic carbocycles. The van der Waals surface area contributed by atoms with Gasteiger partial charge in [-0.15, -0.1) is 0 Å². The number of hydrogen-bond donors (Lipinski definition) is 3. The fraction of sp³-hybridized carbons (Fsp3) is 0.306. The maximum Gasteiger partial charge on any atom is 0.257 e. The highest BCUT2D eigenvalue weighted by Gasteiger charge is 2.32. The van der Waals surface area contributed by atoms with Crippen LogP contribution in [-0.2, 0) is 29.0 Å². The van der Waals surface area contributed by atoms with Crippen LogP contribution in [0.4, 0.5) is 48.7 Å². The van der Waals surface area contributed by atoms with Gasteiger partial charge in [0, 0.05) is 58.1 Å². The van der Waals surface area contributed by atoms with E-state index in [9.17, 15) is 18.4 Å². The van der Waals surface area contributed by atoms with E-state index in [-0.39, 0.29) is 28.5 Å². The molecule has 4 aliphatic heterocycles. The van der Waals surface area contributed by atoms with Crippen molar-refractivity contribution in [1.82, 2.24) is 29.7 Å². The Bertz CT molecular complexity index is 2800. The summed E-state index contributed by atoms with van der Waals surface area (Å²) in [5.74, 6) is -0.523. The number of ether oxygens (including phenoxy) is 4. The summed E-state index contributed by atoms with van der Waals surface area (Å²) in [6.07, 6.45) is 4.19. The molecule has 17 nitrogen and oxygen atoms in total. The first-order chi connectivity index (χ1) is 33.4. The van der Waals surface area contributed by atoms with E-state index in [0.29, 0.717) is 70.6 Å². The number of fused-ring (bicyclic) bond motifs is 2. The molecule has 8 heterocycles. The molecule has 2 amide bonds. The van der Waals surface area contributed by atoms with Crippen LogP contribution in [0.5, 0.6) is 11.5 Å². The third-order valence-corrected chi connectivity index (χ3v) is 11.9. The number of nitrogens with one attached hydrogen (secondary N) is 2. The number of nitrogen functional groups attached to an aromatic ring is 1. The molecule has 0 saturated carbocycles. The molecule has 6 aromatic rings. The SMILES string of the molecule is COc1c(F)cccc1Nc1cc(Cc2ccc(N3CCOCC3)cn2)nc2c1C(=O)N(C)C2.COc1c(F)cccc1Nc1cc(Cl)nc2c1C(=O)N(C)C2.Nc1ccc(N2CCOCC2)cn1. The molecule has 2 aromatic carbocycles. The van der Waals surface area contributed by atoms with E-state index in [0.717, 1.165) is 75.4 Å². The van der Waals surface area contributed by atoms with E-state index in [4.69, 9.17) is 41.3 Å². The maximum atomic E-state index is 14.2. The molecule has 360 valence electrons. The minimum Gasteiger partial charge on any atom is -0.492 e. The predicted octanol–water partition coefficient (Wildman–Crippen LogP) is 7.09. The lowest BCUT2D eigenvalue weighted by Gasteiger charge is -2.28. The van der Waals surface area contributed by atoms with Crippen molar-refractivity contribution >= 4 is 63.4 Å². The minimum atomic E-state index is -0.493. The highest BCUT2D eigenvalue weighted by molar-refractivity contribution is 6.30. The summed E-state index contributed by atoms with van der Waals surface area (Å²) in [7, 11) is 6.22. The normalized spacial score (nSPS) is 15.1. The van der Waals surface area contributed by atoms with Crippen LogP contribution < -0.4 is 35.6 Å². The Hall–Kier alpha value is -7.35. The topological polar surface area (TPSA) is 186 Å².